The molecule has 2 aromatic carbocycles. The molecule has 0 aromatic heterocycles. The summed E-state index contributed by atoms with van der Waals surface area (Å²) in [5.41, 5.74) is 0.890. The predicted molar refractivity (Wildman–Crippen MR) is 108 cm³/mol. The van der Waals surface area contributed by atoms with Gasteiger partial charge in [0.25, 0.3) is 0 Å². The van der Waals surface area contributed by atoms with E-state index in [2.05, 4.69) is 6.92 Å². The Kier molecular flexibility index (Phi) is 5.80. The molecule has 0 saturated heterocycles. The number of halogens is 3. The fourth-order valence-electron chi connectivity index (χ4n) is 5.71. The first-order valence-corrected chi connectivity index (χ1v) is 10.8. The average Bonchev–Trinajstić information content (AvgIpc) is 2.67. The second-order valence-corrected chi connectivity index (χ2v) is 8.87. The molecule has 2 fully saturated rings. The fourth-order valence-corrected chi connectivity index (χ4v) is 5.71. The van der Waals surface area contributed by atoms with Crippen LogP contribution in [0.5, 0.6) is 0 Å². The summed E-state index contributed by atoms with van der Waals surface area (Å²) in [4.78, 5) is 0. The second kappa shape index (κ2) is 8.31. The van der Waals surface area contributed by atoms with E-state index in [-0.39, 0.29) is 17.0 Å². The van der Waals surface area contributed by atoms with Crippen molar-refractivity contribution in [2.45, 2.75) is 64.2 Å². The molecular weight excluding hydrogens is 357 g/mol. The minimum absolute atomic E-state index is 0.128. The van der Waals surface area contributed by atoms with E-state index in [0.717, 1.165) is 30.2 Å². The van der Waals surface area contributed by atoms with Crippen molar-refractivity contribution in [1.29, 1.82) is 0 Å². The molecule has 3 heteroatoms. The molecule has 0 aliphatic heterocycles. The zero-order chi connectivity index (χ0) is 19.7. The van der Waals surface area contributed by atoms with Gasteiger partial charge in [-0.2, -0.15) is 0 Å². The van der Waals surface area contributed by atoms with E-state index in [1.165, 1.54) is 68.9 Å². The molecule has 150 valence electrons. The number of benzene rings is 2. The predicted octanol–water partition coefficient (Wildman–Crippen LogP) is 7.87. The number of hydrogen-bond acceptors (Lipinski definition) is 0. The van der Waals surface area contributed by atoms with Crippen LogP contribution in [-0.2, 0) is 0 Å². The van der Waals surface area contributed by atoms with Crippen molar-refractivity contribution in [1.82, 2.24) is 0 Å². The Labute approximate surface area is 166 Å². The van der Waals surface area contributed by atoms with Gasteiger partial charge < -0.3 is 0 Å². The molecule has 2 aliphatic carbocycles. The van der Waals surface area contributed by atoms with Crippen molar-refractivity contribution in [3.05, 3.63) is 59.4 Å². The summed E-state index contributed by atoms with van der Waals surface area (Å²) in [6.07, 6.45) is 9.74. The van der Waals surface area contributed by atoms with Crippen LogP contribution in [0.2, 0.25) is 0 Å². The van der Waals surface area contributed by atoms with Gasteiger partial charge in [-0.3, -0.25) is 0 Å². The smallest absolute Gasteiger partial charge is 0.134 e. The Bertz CT molecular complexity index is 805. The zero-order valence-corrected chi connectivity index (χ0v) is 16.6. The molecule has 2 aliphatic rings. The molecule has 0 bridgehead atoms. The molecule has 4 unspecified atom stereocenters. The van der Waals surface area contributed by atoms with Gasteiger partial charge in [-0.05, 0) is 91.2 Å². The first-order valence-electron chi connectivity index (χ1n) is 10.8. The number of fused-ring (bicyclic) bond motifs is 1. The second-order valence-electron chi connectivity index (χ2n) is 8.87. The monoisotopic (exact) mass is 386 g/mol. The van der Waals surface area contributed by atoms with Crippen molar-refractivity contribution in [3.63, 3.8) is 0 Å². The summed E-state index contributed by atoms with van der Waals surface area (Å²) in [5, 5.41) is 0. The highest BCUT2D eigenvalue weighted by molar-refractivity contribution is 5.65. The molecule has 0 radical (unpaired) electrons. The summed E-state index contributed by atoms with van der Waals surface area (Å²) in [6.45, 7) is 2.26. The highest BCUT2D eigenvalue weighted by Crippen LogP contribution is 2.48. The highest BCUT2D eigenvalue weighted by atomic mass is 19.1. The number of rotatable bonds is 4. The summed E-state index contributed by atoms with van der Waals surface area (Å²) >= 11 is 0. The lowest BCUT2D eigenvalue weighted by atomic mass is 9.63. The largest absolute Gasteiger partial charge is 0.207 e. The quantitative estimate of drug-likeness (QED) is 0.501. The normalized spacial score (nSPS) is 27.4. The van der Waals surface area contributed by atoms with E-state index in [4.69, 9.17) is 0 Å². The van der Waals surface area contributed by atoms with Crippen molar-refractivity contribution >= 4 is 0 Å². The van der Waals surface area contributed by atoms with Gasteiger partial charge in [0.05, 0.1) is 5.56 Å². The molecule has 2 saturated carbocycles. The molecule has 0 nitrogen and oxygen atoms in total. The minimum atomic E-state index is -0.589. The SMILES string of the molecule is CCCC1CCC2CC(c3cc(F)c(-c4cccc(F)c4)c(F)c3)CCC2C1. The maximum Gasteiger partial charge on any atom is 0.134 e. The lowest BCUT2D eigenvalue weighted by molar-refractivity contribution is 0.114. The van der Waals surface area contributed by atoms with Gasteiger partial charge in [0.2, 0.25) is 0 Å². The third-order valence-electron chi connectivity index (χ3n) is 7.07. The van der Waals surface area contributed by atoms with Crippen molar-refractivity contribution in [2.75, 3.05) is 0 Å². The van der Waals surface area contributed by atoms with E-state index in [1.54, 1.807) is 6.07 Å². The van der Waals surface area contributed by atoms with Gasteiger partial charge in [-0.15, -0.1) is 0 Å². The van der Waals surface area contributed by atoms with Crippen molar-refractivity contribution in [2.24, 2.45) is 17.8 Å². The molecule has 0 N–H and O–H groups in total. The van der Waals surface area contributed by atoms with Gasteiger partial charge in [-0.1, -0.05) is 38.3 Å². The lowest BCUT2D eigenvalue weighted by Crippen LogP contribution is -2.30. The van der Waals surface area contributed by atoms with Crippen LogP contribution in [0, 0.1) is 35.2 Å². The van der Waals surface area contributed by atoms with Crippen molar-refractivity contribution < 1.29 is 13.2 Å². The Morgan fingerprint density at radius 2 is 1.57 bits per heavy atom. The maximum atomic E-state index is 14.8. The van der Waals surface area contributed by atoms with Crippen LogP contribution in [-0.4, -0.2) is 0 Å². The van der Waals surface area contributed by atoms with Gasteiger partial charge in [0.15, 0.2) is 0 Å². The van der Waals surface area contributed by atoms with Gasteiger partial charge in [0, 0.05) is 0 Å². The van der Waals surface area contributed by atoms with E-state index in [9.17, 15) is 13.2 Å². The van der Waals surface area contributed by atoms with E-state index in [1.807, 2.05) is 0 Å². The van der Waals surface area contributed by atoms with Crippen LogP contribution < -0.4 is 0 Å². The van der Waals surface area contributed by atoms with Crippen molar-refractivity contribution in [3.8, 4) is 11.1 Å². The standard InChI is InChI=1S/C25H29F3/c1-2-4-16-7-8-18-12-19(10-9-17(18)11-16)21-14-23(27)25(24(28)15-21)20-5-3-6-22(26)13-20/h3,5-6,13-19H,2,4,7-12H2,1H3. The van der Waals surface area contributed by atoms with Crippen LogP contribution in [0.1, 0.15) is 69.8 Å². The maximum absolute atomic E-state index is 14.8. The van der Waals surface area contributed by atoms with E-state index in [0.29, 0.717) is 5.92 Å². The first-order chi connectivity index (χ1) is 13.5. The molecule has 4 rings (SSSR count). The first kappa shape index (κ1) is 19.5. The molecule has 0 heterocycles. The summed E-state index contributed by atoms with van der Waals surface area (Å²) in [7, 11) is 0. The van der Waals surface area contributed by atoms with E-state index < -0.39 is 17.5 Å². The van der Waals surface area contributed by atoms with Crippen LogP contribution in [0.3, 0.4) is 0 Å². The molecule has 0 amide bonds. The Morgan fingerprint density at radius 3 is 2.29 bits per heavy atom. The Morgan fingerprint density at radius 1 is 0.857 bits per heavy atom. The average molecular weight is 387 g/mol. The minimum Gasteiger partial charge on any atom is -0.207 e. The third kappa shape index (κ3) is 3.99. The summed E-state index contributed by atoms with van der Waals surface area (Å²) < 4.78 is 43.1. The van der Waals surface area contributed by atoms with Gasteiger partial charge >= 0.3 is 0 Å². The lowest BCUT2D eigenvalue weighted by Gasteiger charge is -2.42. The molecule has 0 spiro atoms. The molecular formula is C25H29F3. The Hall–Kier alpha value is -1.77. The fraction of sp³-hybridized carbons (Fsp3) is 0.520. The molecule has 28 heavy (non-hydrogen) atoms. The number of hydrogen-bond donors (Lipinski definition) is 0. The van der Waals surface area contributed by atoms with Crippen LogP contribution >= 0.6 is 0 Å². The molecule has 4 atom stereocenters. The van der Waals surface area contributed by atoms with E-state index >= 15 is 0 Å². The summed E-state index contributed by atoms with van der Waals surface area (Å²) in [6, 6.07) is 8.45. The Balaban J connectivity index is 1.52. The zero-order valence-electron chi connectivity index (χ0n) is 16.6. The highest BCUT2D eigenvalue weighted by Gasteiger charge is 2.36. The van der Waals surface area contributed by atoms with Crippen LogP contribution in [0.25, 0.3) is 11.1 Å². The van der Waals surface area contributed by atoms with Gasteiger partial charge in [-0.25, -0.2) is 13.2 Å². The topological polar surface area (TPSA) is 0 Å². The van der Waals surface area contributed by atoms with Gasteiger partial charge in [0.1, 0.15) is 17.5 Å². The third-order valence-corrected chi connectivity index (χ3v) is 7.07. The molecule has 2 aromatic rings. The van der Waals surface area contributed by atoms with Crippen LogP contribution in [0.4, 0.5) is 13.2 Å². The van der Waals surface area contributed by atoms with Crippen LogP contribution in [0.15, 0.2) is 36.4 Å². The summed E-state index contributed by atoms with van der Waals surface area (Å²) in [5.74, 6) is 0.933.